The van der Waals surface area contributed by atoms with Gasteiger partial charge in [0.25, 0.3) is 0 Å². The lowest BCUT2D eigenvalue weighted by molar-refractivity contribution is 0.306. The van der Waals surface area contributed by atoms with E-state index < -0.39 is 0 Å². The first kappa shape index (κ1) is 13.6. The lowest BCUT2D eigenvalue weighted by Gasteiger charge is -2.03. The van der Waals surface area contributed by atoms with Crippen LogP contribution in [0.3, 0.4) is 0 Å². The molecule has 3 aromatic rings. The molecule has 1 aromatic heterocycles. The van der Waals surface area contributed by atoms with Crippen LogP contribution in [-0.4, -0.2) is 11.6 Å². The summed E-state index contributed by atoms with van der Waals surface area (Å²) in [6, 6.07) is 15.7. The fourth-order valence-electron chi connectivity index (χ4n) is 2.18. The molecule has 3 rings (SSSR count). The van der Waals surface area contributed by atoms with Crippen LogP contribution >= 0.6 is 0 Å². The Hall–Kier alpha value is -2.33. The number of nitrogens with two attached hydrogens (primary N) is 1. The summed E-state index contributed by atoms with van der Waals surface area (Å²) in [6.07, 6.45) is 1.63. The topological polar surface area (TPSA) is 61.3 Å². The van der Waals surface area contributed by atoms with Crippen molar-refractivity contribution in [1.29, 1.82) is 0 Å². The molecule has 0 saturated heterocycles. The van der Waals surface area contributed by atoms with Crippen LogP contribution in [0.1, 0.15) is 17.9 Å². The van der Waals surface area contributed by atoms with E-state index in [0.717, 1.165) is 41.1 Å². The first-order chi connectivity index (χ1) is 10.3. The van der Waals surface area contributed by atoms with E-state index in [9.17, 15) is 0 Å². The number of ether oxygens (including phenoxy) is 1. The molecule has 2 N–H and O–H groups in total. The summed E-state index contributed by atoms with van der Waals surface area (Å²) in [7, 11) is 0. The van der Waals surface area contributed by atoms with Crippen molar-refractivity contribution < 1.29 is 9.15 Å². The summed E-state index contributed by atoms with van der Waals surface area (Å²) in [4.78, 5) is 4.49. The molecule has 1 heterocycles. The van der Waals surface area contributed by atoms with Crippen molar-refractivity contribution in [2.24, 2.45) is 5.73 Å². The predicted molar refractivity (Wildman–Crippen MR) is 82.2 cm³/mol. The standard InChI is InChI=1S/C17H18N2O2/c18-12-13-8-9-16-15(11-13)19-17(21-16)7-4-10-20-14-5-2-1-3-6-14/h1-3,5-6,8-9,11H,4,7,10,12,18H2. The number of para-hydroxylation sites is 1. The summed E-state index contributed by atoms with van der Waals surface area (Å²) < 4.78 is 11.4. The van der Waals surface area contributed by atoms with Gasteiger partial charge in [0.15, 0.2) is 11.5 Å². The van der Waals surface area contributed by atoms with E-state index in [1.54, 1.807) is 0 Å². The maximum absolute atomic E-state index is 5.71. The Balaban J connectivity index is 1.55. The molecule has 0 fully saturated rings. The highest BCUT2D eigenvalue weighted by molar-refractivity contribution is 5.73. The second-order valence-electron chi connectivity index (χ2n) is 4.88. The highest BCUT2D eigenvalue weighted by Crippen LogP contribution is 2.18. The van der Waals surface area contributed by atoms with Gasteiger partial charge >= 0.3 is 0 Å². The number of hydrogen-bond donors (Lipinski definition) is 1. The Kier molecular flexibility index (Phi) is 4.17. The number of aryl methyl sites for hydroxylation is 1. The molecular formula is C17H18N2O2. The van der Waals surface area contributed by atoms with Gasteiger partial charge in [0.2, 0.25) is 0 Å². The van der Waals surface area contributed by atoms with Gasteiger partial charge in [-0.3, -0.25) is 0 Å². The average Bonchev–Trinajstić information content (AvgIpc) is 2.94. The minimum atomic E-state index is 0.517. The summed E-state index contributed by atoms with van der Waals surface area (Å²) in [5.41, 5.74) is 8.37. The van der Waals surface area contributed by atoms with Crippen molar-refractivity contribution in [2.45, 2.75) is 19.4 Å². The molecule has 0 unspecified atom stereocenters. The lowest BCUT2D eigenvalue weighted by atomic mass is 10.2. The molecule has 2 aromatic carbocycles. The summed E-state index contributed by atoms with van der Waals surface area (Å²) in [6.45, 7) is 1.17. The first-order valence-corrected chi connectivity index (χ1v) is 7.11. The largest absolute Gasteiger partial charge is 0.494 e. The molecule has 0 aliphatic carbocycles. The molecule has 0 bridgehead atoms. The monoisotopic (exact) mass is 282 g/mol. The van der Waals surface area contributed by atoms with Gasteiger partial charge in [-0.05, 0) is 36.2 Å². The van der Waals surface area contributed by atoms with Gasteiger partial charge in [0.1, 0.15) is 11.3 Å². The zero-order valence-corrected chi connectivity index (χ0v) is 11.8. The summed E-state index contributed by atoms with van der Waals surface area (Å²) in [5, 5.41) is 0. The third-order valence-corrected chi connectivity index (χ3v) is 3.28. The van der Waals surface area contributed by atoms with E-state index in [-0.39, 0.29) is 0 Å². The van der Waals surface area contributed by atoms with Gasteiger partial charge in [0, 0.05) is 13.0 Å². The molecule has 0 radical (unpaired) electrons. The lowest BCUT2D eigenvalue weighted by Crippen LogP contribution is -1.99. The quantitative estimate of drug-likeness (QED) is 0.705. The van der Waals surface area contributed by atoms with Crippen molar-refractivity contribution in [3.05, 3.63) is 60.0 Å². The Morgan fingerprint density at radius 3 is 2.76 bits per heavy atom. The molecule has 0 amide bonds. The van der Waals surface area contributed by atoms with Crippen LogP contribution in [-0.2, 0) is 13.0 Å². The van der Waals surface area contributed by atoms with E-state index in [1.165, 1.54) is 0 Å². The van der Waals surface area contributed by atoms with E-state index in [0.29, 0.717) is 13.2 Å². The molecule has 0 aliphatic heterocycles. The number of oxazole rings is 1. The Labute approximate surface area is 123 Å². The molecular weight excluding hydrogens is 264 g/mol. The van der Waals surface area contributed by atoms with Crippen LogP contribution in [0, 0.1) is 0 Å². The highest BCUT2D eigenvalue weighted by Gasteiger charge is 2.06. The van der Waals surface area contributed by atoms with Crippen molar-refractivity contribution in [3.63, 3.8) is 0 Å². The molecule has 108 valence electrons. The number of rotatable bonds is 6. The van der Waals surface area contributed by atoms with Crippen LogP contribution in [0.5, 0.6) is 5.75 Å². The summed E-state index contributed by atoms with van der Waals surface area (Å²) >= 11 is 0. The smallest absolute Gasteiger partial charge is 0.195 e. The van der Waals surface area contributed by atoms with Gasteiger partial charge in [0.05, 0.1) is 6.61 Å². The maximum atomic E-state index is 5.71. The number of hydrogen-bond acceptors (Lipinski definition) is 4. The zero-order chi connectivity index (χ0) is 14.5. The molecule has 0 aliphatic rings. The number of benzene rings is 2. The second-order valence-corrected chi connectivity index (χ2v) is 4.88. The fraction of sp³-hybridized carbons (Fsp3) is 0.235. The van der Waals surface area contributed by atoms with Gasteiger partial charge in [-0.1, -0.05) is 24.3 Å². The van der Waals surface area contributed by atoms with Crippen LogP contribution < -0.4 is 10.5 Å². The minimum absolute atomic E-state index is 0.517. The van der Waals surface area contributed by atoms with E-state index >= 15 is 0 Å². The number of aromatic nitrogens is 1. The Morgan fingerprint density at radius 1 is 1.10 bits per heavy atom. The van der Waals surface area contributed by atoms with Gasteiger partial charge in [-0.2, -0.15) is 0 Å². The van der Waals surface area contributed by atoms with Gasteiger partial charge in [-0.25, -0.2) is 4.98 Å². The first-order valence-electron chi connectivity index (χ1n) is 7.11. The SMILES string of the molecule is NCc1ccc2oc(CCCOc3ccccc3)nc2c1. The van der Waals surface area contributed by atoms with Crippen LogP contribution in [0.2, 0.25) is 0 Å². The second kappa shape index (κ2) is 6.41. The summed E-state index contributed by atoms with van der Waals surface area (Å²) in [5.74, 6) is 1.64. The minimum Gasteiger partial charge on any atom is -0.494 e. The number of fused-ring (bicyclic) bond motifs is 1. The van der Waals surface area contributed by atoms with E-state index in [2.05, 4.69) is 4.98 Å². The average molecular weight is 282 g/mol. The third kappa shape index (κ3) is 3.41. The van der Waals surface area contributed by atoms with Crippen LogP contribution in [0.25, 0.3) is 11.1 Å². The Bertz CT molecular complexity index is 707. The van der Waals surface area contributed by atoms with Crippen LogP contribution in [0.4, 0.5) is 0 Å². The molecule has 4 heteroatoms. The van der Waals surface area contributed by atoms with Gasteiger partial charge in [-0.15, -0.1) is 0 Å². The molecule has 0 spiro atoms. The third-order valence-electron chi connectivity index (χ3n) is 3.28. The van der Waals surface area contributed by atoms with Crippen molar-refractivity contribution in [3.8, 4) is 5.75 Å². The van der Waals surface area contributed by atoms with Crippen molar-refractivity contribution in [2.75, 3.05) is 6.61 Å². The molecule has 0 atom stereocenters. The van der Waals surface area contributed by atoms with Crippen molar-refractivity contribution in [1.82, 2.24) is 4.98 Å². The highest BCUT2D eigenvalue weighted by atomic mass is 16.5. The number of nitrogens with zero attached hydrogens (tertiary/aromatic N) is 1. The van der Waals surface area contributed by atoms with E-state index in [4.69, 9.17) is 14.9 Å². The molecule has 0 saturated carbocycles. The Morgan fingerprint density at radius 2 is 1.95 bits per heavy atom. The van der Waals surface area contributed by atoms with Gasteiger partial charge < -0.3 is 14.9 Å². The predicted octanol–water partition coefficient (Wildman–Crippen LogP) is 3.30. The molecule has 21 heavy (non-hydrogen) atoms. The maximum Gasteiger partial charge on any atom is 0.195 e. The zero-order valence-electron chi connectivity index (χ0n) is 11.8. The normalized spacial score (nSPS) is 10.9. The molecule has 4 nitrogen and oxygen atoms in total. The van der Waals surface area contributed by atoms with E-state index in [1.807, 2.05) is 48.5 Å². The fourth-order valence-corrected chi connectivity index (χ4v) is 2.18. The van der Waals surface area contributed by atoms with Crippen LogP contribution in [0.15, 0.2) is 52.9 Å². The van der Waals surface area contributed by atoms with Crippen molar-refractivity contribution >= 4 is 11.1 Å².